The molecule has 0 aromatic carbocycles. The second-order valence-corrected chi connectivity index (χ2v) is 4.75. The van der Waals surface area contributed by atoms with E-state index in [1.54, 1.807) is 0 Å². The number of likely N-dealkylation sites (N-methyl/N-ethyl adjacent to an activating group) is 1. The molecule has 1 aliphatic heterocycles. The molecule has 1 aromatic rings. The molecule has 7 heteroatoms. The summed E-state index contributed by atoms with van der Waals surface area (Å²) in [6.07, 6.45) is 1.08. The molecule has 0 spiro atoms. The summed E-state index contributed by atoms with van der Waals surface area (Å²) >= 11 is 5.62. The fourth-order valence-electron chi connectivity index (χ4n) is 1.87. The first-order chi connectivity index (χ1) is 8.65. The Kier molecular flexibility index (Phi) is 4.68. The summed E-state index contributed by atoms with van der Waals surface area (Å²) in [5, 5.41) is 3.00. The van der Waals surface area contributed by atoms with Gasteiger partial charge in [-0.3, -0.25) is 4.90 Å². The van der Waals surface area contributed by atoms with Crippen molar-refractivity contribution in [3.05, 3.63) is 17.3 Å². The normalized spacial score (nSPS) is 17.9. The summed E-state index contributed by atoms with van der Waals surface area (Å²) in [7, 11) is 2.12. The number of rotatable bonds is 4. The summed E-state index contributed by atoms with van der Waals surface area (Å²) in [5.41, 5.74) is 0. The first-order valence-electron chi connectivity index (χ1n) is 5.98. The van der Waals surface area contributed by atoms with E-state index in [4.69, 9.17) is 11.6 Å². The molecule has 0 amide bonds. The van der Waals surface area contributed by atoms with Crippen molar-refractivity contribution in [2.75, 3.05) is 51.6 Å². The van der Waals surface area contributed by atoms with Crippen LogP contribution >= 0.6 is 11.6 Å². The van der Waals surface area contributed by atoms with Gasteiger partial charge in [-0.05, 0) is 18.6 Å². The van der Waals surface area contributed by atoms with Crippen molar-refractivity contribution in [2.45, 2.75) is 0 Å². The van der Waals surface area contributed by atoms with Gasteiger partial charge in [0.1, 0.15) is 0 Å². The standard InChI is InChI=1S/C11H17ClFN5/c1-17-4-6-18(7-5-17)3-2-14-10-9(13)8-15-11(12)16-10/h8H,2-7H2,1H3,(H,14,15,16). The van der Waals surface area contributed by atoms with Gasteiger partial charge in [0.25, 0.3) is 0 Å². The van der Waals surface area contributed by atoms with Gasteiger partial charge < -0.3 is 10.2 Å². The van der Waals surface area contributed by atoms with Crippen molar-refractivity contribution in [1.82, 2.24) is 19.8 Å². The second kappa shape index (κ2) is 6.26. The summed E-state index contributed by atoms with van der Waals surface area (Å²) in [4.78, 5) is 12.0. The Morgan fingerprint density at radius 2 is 2.11 bits per heavy atom. The highest BCUT2D eigenvalue weighted by Gasteiger charge is 2.13. The maximum Gasteiger partial charge on any atom is 0.224 e. The number of anilines is 1. The molecular weight excluding hydrogens is 257 g/mol. The van der Waals surface area contributed by atoms with Crippen molar-refractivity contribution in [2.24, 2.45) is 0 Å². The van der Waals surface area contributed by atoms with E-state index in [-0.39, 0.29) is 11.1 Å². The van der Waals surface area contributed by atoms with Gasteiger partial charge in [-0.2, -0.15) is 4.98 Å². The Morgan fingerprint density at radius 3 is 2.83 bits per heavy atom. The topological polar surface area (TPSA) is 44.3 Å². The Morgan fingerprint density at radius 1 is 1.39 bits per heavy atom. The van der Waals surface area contributed by atoms with Crippen LogP contribution in [0.5, 0.6) is 0 Å². The van der Waals surface area contributed by atoms with Gasteiger partial charge in [0, 0.05) is 39.3 Å². The third kappa shape index (κ3) is 3.76. The highest BCUT2D eigenvalue weighted by molar-refractivity contribution is 6.28. The van der Waals surface area contributed by atoms with Crippen molar-refractivity contribution in [3.63, 3.8) is 0 Å². The van der Waals surface area contributed by atoms with E-state index < -0.39 is 5.82 Å². The quantitative estimate of drug-likeness (QED) is 0.827. The lowest BCUT2D eigenvalue weighted by Gasteiger charge is -2.32. The molecule has 1 fully saturated rings. The third-order valence-corrected chi connectivity index (χ3v) is 3.21. The van der Waals surface area contributed by atoms with Gasteiger partial charge >= 0.3 is 0 Å². The molecule has 2 heterocycles. The minimum absolute atomic E-state index is 0.0542. The van der Waals surface area contributed by atoms with Gasteiger partial charge in [-0.25, -0.2) is 9.37 Å². The Labute approximate surface area is 111 Å². The molecule has 0 atom stereocenters. The van der Waals surface area contributed by atoms with Crippen LogP contribution in [0.4, 0.5) is 10.2 Å². The average Bonchev–Trinajstić information content (AvgIpc) is 2.36. The lowest BCUT2D eigenvalue weighted by atomic mass is 10.3. The number of nitrogens with zero attached hydrogens (tertiary/aromatic N) is 4. The first-order valence-corrected chi connectivity index (χ1v) is 6.36. The number of hydrogen-bond acceptors (Lipinski definition) is 5. The molecule has 0 bridgehead atoms. The van der Waals surface area contributed by atoms with Crippen LogP contribution in [0.1, 0.15) is 0 Å². The molecule has 0 radical (unpaired) electrons. The zero-order valence-corrected chi connectivity index (χ0v) is 11.1. The van der Waals surface area contributed by atoms with Crippen LogP contribution in [0.3, 0.4) is 0 Å². The molecule has 5 nitrogen and oxygen atoms in total. The molecule has 2 rings (SSSR count). The van der Waals surface area contributed by atoms with E-state index in [0.29, 0.717) is 6.54 Å². The lowest BCUT2D eigenvalue weighted by molar-refractivity contribution is 0.158. The highest BCUT2D eigenvalue weighted by Crippen LogP contribution is 2.11. The van der Waals surface area contributed by atoms with E-state index in [2.05, 4.69) is 32.1 Å². The summed E-state index contributed by atoms with van der Waals surface area (Å²) in [6, 6.07) is 0. The third-order valence-electron chi connectivity index (χ3n) is 3.03. The second-order valence-electron chi connectivity index (χ2n) is 4.41. The number of piperazine rings is 1. The minimum atomic E-state index is -0.474. The number of hydrogen-bond donors (Lipinski definition) is 1. The van der Waals surface area contributed by atoms with Crippen LogP contribution in [-0.2, 0) is 0 Å². The van der Waals surface area contributed by atoms with Crippen molar-refractivity contribution >= 4 is 17.4 Å². The Balaban J connectivity index is 1.76. The van der Waals surface area contributed by atoms with Crippen molar-refractivity contribution < 1.29 is 4.39 Å². The molecule has 18 heavy (non-hydrogen) atoms. The van der Waals surface area contributed by atoms with Crippen LogP contribution in [0.15, 0.2) is 6.20 Å². The fraction of sp³-hybridized carbons (Fsp3) is 0.636. The van der Waals surface area contributed by atoms with E-state index in [1.165, 1.54) is 0 Å². The molecule has 1 saturated heterocycles. The van der Waals surface area contributed by atoms with Crippen molar-refractivity contribution in [1.29, 1.82) is 0 Å². The predicted octanol–water partition coefficient (Wildman–Crippen LogP) is 0.928. The zero-order chi connectivity index (χ0) is 13.0. The highest BCUT2D eigenvalue weighted by atomic mass is 35.5. The van der Waals surface area contributed by atoms with E-state index >= 15 is 0 Å². The Hall–Kier alpha value is -0.980. The molecule has 100 valence electrons. The van der Waals surface area contributed by atoms with Crippen LogP contribution in [0.25, 0.3) is 0 Å². The van der Waals surface area contributed by atoms with E-state index in [9.17, 15) is 4.39 Å². The molecule has 1 aliphatic rings. The van der Waals surface area contributed by atoms with Gasteiger partial charge in [-0.1, -0.05) is 0 Å². The lowest BCUT2D eigenvalue weighted by Crippen LogP contribution is -2.45. The smallest absolute Gasteiger partial charge is 0.224 e. The molecule has 0 unspecified atom stereocenters. The predicted molar refractivity (Wildman–Crippen MR) is 69.4 cm³/mol. The maximum absolute atomic E-state index is 13.3. The van der Waals surface area contributed by atoms with Crippen LogP contribution in [0, 0.1) is 5.82 Å². The van der Waals surface area contributed by atoms with E-state index in [1.807, 2.05) is 0 Å². The zero-order valence-electron chi connectivity index (χ0n) is 10.4. The summed E-state index contributed by atoms with van der Waals surface area (Å²) in [6.45, 7) is 5.76. The van der Waals surface area contributed by atoms with Gasteiger partial charge in [-0.15, -0.1) is 0 Å². The van der Waals surface area contributed by atoms with Gasteiger partial charge in [0.05, 0.1) is 6.20 Å². The summed E-state index contributed by atoms with van der Waals surface area (Å²) in [5.74, 6) is -0.304. The minimum Gasteiger partial charge on any atom is -0.366 e. The SMILES string of the molecule is CN1CCN(CCNc2nc(Cl)ncc2F)CC1. The number of nitrogens with one attached hydrogen (secondary N) is 1. The maximum atomic E-state index is 13.3. The molecule has 0 aliphatic carbocycles. The first kappa shape index (κ1) is 13.5. The number of halogens is 2. The Bertz CT molecular complexity index is 395. The molecule has 0 saturated carbocycles. The molecule has 1 aromatic heterocycles. The van der Waals surface area contributed by atoms with Crippen LogP contribution in [-0.4, -0.2) is 66.1 Å². The fourth-order valence-corrected chi connectivity index (χ4v) is 2.01. The largest absolute Gasteiger partial charge is 0.366 e. The van der Waals surface area contributed by atoms with Crippen LogP contribution < -0.4 is 5.32 Å². The summed E-state index contributed by atoms with van der Waals surface area (Å²) < 4.78 is 13.3. The monoisotopic (exact) mass is 273 g/mol. The average molecular weight is 274 g/mol. The van der Waals surface area contributed by atoms with Crippen molar-refractivity contribution in [3.8, 4) is 0 Å². The molecule has 1 N–H and O–H groups in total. The van der Waals surface area contributed by atoms with E-state index in [0.717, 1.165) is 38.9 Å². The number of aromatic nitrogens is 2. The van der Waals surface area contributed by atoms with Crippen LogP contribution in [0.2, 0.25) is 5.28 Å². The van der Waals surface area contributed by atoms with Gasteiger partial charge in [0.2, 0.25) is 5.28 Å². The molecular formula is C11H17ClFN5. The van der Waals surface area contributed by atoms with Gasteiger partial charge in [0.15, 0.2) is 11.6 Å².